The third-order valence-electron chi connectivity index (χ3n) is 4.66. The number of nitrogens with one attached hydrogen (secondary N) is 2. The molecule has 3 aromatic rings. The van der Waals surface area contributed by atoms with Crippen molar-refractivity contribution in [2.24, 2.45) is 5.10 Å². The van der Waals surface area contributed by atoms with E-state index in [4.69, 9.17) is 0 Å². The van der Waals surface area contributed by atoms with Crippen LogP contribution in [-0.4, -0.2) is 20.0 Å². The zero-order chi connectivity index (χ0) is 20.3. The Hall–Kier alpha value is -2.97. The van der Waals surface area contributed by atoms with Crippen molar-refractivity contribution >= 4 is 38.7 Å². The van der Waals surface area contributed by atoms with Crippen molar-refractivity contribution in [1.29, 1.82) is 0 Å². The van der Waals surface area contributed by atoms with Crippen LogP contribution in [0.5, 0.6) is 0 Å². The minimum absolute atomic E-state index is 0.187. The molecule has 6 nitrogen and oxygen atoms in total. The lowest BCUT2D eigenvalue weighted by atomic mass is 9.90. The molecule has 1 aliphatic rings. The van der Waals surface area contributed by atoms with E-state index in [2.05, 4.69) is 21.3 Å². The quantitative estimate of drug-likeness (QED) is 0.605. The predicted octanol–water partition coefficient (Wildman–Crippen LogP) is 4.02. The first-order valence-corrected chi connectivity index (χ1v) is 11.5. The van der Waals surface area contributed by atoms with Crippen LogP contribution in [0.4, 0.5) is 5.69 Å². The van der Waals surface area contributed by atoms with Gasteiger partial charge in [-0.1, -0.05) is 42.5 Å². The van der Waals surface area contributed by atoms with Gasteiger partial charge in [-0.05, 0) is 48.4 Å². The van der Waals surface area contributed by atoms with E-state index in [9.17, 15) is 13.2 Å². The van der Waals surface area contributed by atoms with Gasteiger partial charge >= 0.3 is 0 Å². The molecule has 2 aromatic carbocycles. The van der Waals surface area contributed by atoms with Crippen LogP contribution < -0.4 is 10.1 Å². The topological polar surface area (TPSA) is 87.6 Å². The largest absolute Gasteiger partial charge is 0.278 e. The number of carbonyl (C=O) groups is 1. The highest BCUT2D eigenvalue weighted by molar-refractivity contribution is 7.94. The molecule has 4 rings (SSSR count). The van der Waals surface area contributed by atoms with Gasteiger partial charge in [0, 0.05) is 5.56 Å². The van der Waals surface area contributed by atoms with E-state index < -0.39 is 15.9 Å². The summed E-state index contributed by atoms with van der Waals surface area (Å²) in [5, 5.41) is 6.02. The average Bonchev–Trinajstić information content (AvgIpc) is 3.28. The highest BCUT2D eigenvalue weighted by atomic mass is 32.2. The van der Waals surface area contributed by atoms with Gasteiger partial charge in [-0.25, -0.2) is 13.8 Å². The fourth-order valence-electron chi connectivity index (χ4n) is 3.28. The van der Waals surface area contributed by atoms with Crippen LogP contribution in [0.3, 0.4) is 0 Å². The minimum Gasteiger partial charge on any atom is -0.278 e. The Morgan fingerprint density at radius 2 is 1.76 bits per heavy atom. The zero-order valence-electron chi connectivity index (χ0n) is 15.5. The molecule has 0 spiro atoms. The van der Waals surface area contributed by atoms with Crippen molar-refractivity contribution < 1.29 is 13.2 Å². The molecule has 2 N–H and O–H groups in total. The summed E-state index contributed by atoms with van der Waals surface area (Å²) >= 11 is 1.11. The number of amides is 1. The summed E-state index contributed by atoms with van der Waals surface area (Å²) in [6.07, 6.45) is 2.75. The highest BCUT2D eigenvalue weighted by Crippen LogP contribution is 2.24. The molecule has 1 amide bonds. The number of para-hydroxylation sites is 1. The number of nitrogens with zero attached hydrogens (tertiary/aromatic N) is 1. The van der Waals surface area contributed by atoms with E-state index >= 15 is 0 Å². The molecular formula is C21H19N3O3S2. The Morgan fingerprint density at radius 1 is 0.966 bits per heavy atom. The second kappa shape index (κ2) is 8.18. The summed E-state index contributed by atoms with van der Waals surface area (Å²) in [4.78, 5) is 12.7. The van der Waals surface area contributed by atoms with Crippen molar-refractivity contribution in [3.05, 3.63) is 82.7 Å². The monoisotopic (exact) mass is 425 g/mol. The van der Waals surface area contributed by atoms with Crippen LogP contribution in [0.1, 0.15) is 34.3 Å². The van der Waals surface area contributed by atoms with Gasteiger partial charge < -0.3 is 0 Å². The first kappa shape index (κ1) is 19.4. The van der Waals surface area contributed by atoms with Crippen LogP contribution in [0, 0.1) is 0 Å². The van der Waals surface area contributed by atoms with E-state index in [0.717, 1.165) is 41.9 Å². The summed E-state index contributed by atoms with van der Waals surface area (Å²) in [7, 11) is -3.75. The smallest absolute Gasteiger partial charge is 0.273 e. The molecule has 1 heterocycles. The number of fused-ring (bicyclic) bond motifs is 1. The van der Waals surface area contributed by atoms with E-state index in [1.807, 2.05) is 18.2 Å². The molecule has 148 valence electrons. The fourth-order valence-corrected chi connectivity index (χ4v) is 5.35. The normalized spacial score (nSPS) is 15.0. The summed E-state index contributed by atoms with van der Waals surface area (Å²) < 4.78 is 27.7. The zero-order valence-corrected chi connectivity index (χ0v) is 17.1. The lowest BCUT2D eigenvalue weighted by molar-refractivity contribution is 0.0955. The first-order valence-electron chi connectivity index (χ1n) is 9.15. The van der Waals surface area contributed by atoms with Gasteiger partial charge in [0.15, 0.2) is 0 Å². The van der Waals surface area contributed by atoms with Crippen LogP contribution in [0.2, 0.25) is 0 Å². The molecule has 0 bridgehead atoms. The number of anilines is 1. The van der Waals surface area contributed by atoms with Gasteiger partial charge in [0.1, 0.15) is 4.21 Å². The molecule has 0 saturated carbocycles. The minimum atomic E-state index is -3.75. The summed E-state index contributed by atoms with van der Waals surface area (Å²) in [5.41, 5.74) is 6.10. The molecule has 1 aliphatic carbocycles. The maximum Gasteiger partial charge on any atom is 0.273 e. The van der Waals surface area contributed by atoms with Crippen LogP contribution in [-0.2, 0) is 16.4 Å². The number of rotatable bonds is 5. The van der Waals surface area contributed by atoms with Crippen molar-refractivity contribution in [2.45, 2.75) is 23.5 Å². The van der Waals surface area contributed by atoms with Crippen molar-refractivity contribution in [1.82, 2.24) is 5.43 Å². The van der Waals surface area contributed by atoms with Gasteiger partial charge in [0.2, 0.25) is 0 Å². The molecule has 0 fully saturated rings. The number of sulfonamides is 1. The molecule has 0 atom stereocenters. The lowest BCUT2D eigenvalue weighted by Crippen LogP contribution is -2.24. The molecule has 8 heteroatoms. The Bertz CT molecular complexity index is 1170. The number of hydrogen-bond donors (Lipinski definition) is 2. The molecular weight excluding hydrogens is 406 g/mol. The maximum atomic E-state index is 12.7. The molecule has 0 unspecified atom stereocenters. The lowest BCUT2D eigenvalue weighted by Gasteiger charge is -2.17. The number of hydrazone groups is 1. The Kier molecular flexibility index (Phi) is 5.46. The number of aryl methyl sites for hydroxylation is 1. The predicted molar refractivity (Wildman–Crippen MR) is 115 cm³/mol. The second-order valence-corrected chi connectivity index (χ2v) is 9.45. The Morgan fingerprint density at radius 3 is 2.59 bits per heavy atom. The average molecular weight is 426 g/mol. The third-order valence-corrected chi connectivity index (χ3v) is 7.42. The van der Waals surface area contributed by atoms with E-state index in [0.29, 0.717) is 0 Å². The second-order valence-electron chi connectivity index (χ2n) is 6.59. The number of thiophene rings is 1. The summed E-state index contributed by atoms with van der Waals surface area (Å²) in [5.74, 6) is -0.468. The molecule has 0 aliphatic heterocycles. The Labute approximate surface area is 173 Å². The molecule has 1 aromatic heterocycles. The number of carbonyl (C=O) groups excluding carboxylic acids is 1. The Balaban J connectivity index is 1.56. The van der Waals surface area contributed by atoms with E-state index in [1.54, 1.807) is 35.7 Å². The van der Waals surface area contributed by atoms with Crippen molar-refractivity contribution in [2.75, 3.05) is 4.72 Å². The van der Waals surface area contributed by atoms with Gasteiger partial charge in [0.05, 0.1) is 17.0 Å². The fraction of sp³-hybridized carbons (Fsp3) is 0.143. The highest BCUT2D eigenvalue weighted by Gasteiger charge is 2.20. The van der Waals surface area contributed by atoms with Gasteiger partial charge in [0.25, 0.3) is 15.9 Å². The van der Waals surface area contributed by atoms with Gasteiger partial charge in [-0.3, -0.25) is 9.52 Å². The van der Waals surface area contributed by atoms with Crippen molar-refractivity contribution in [3.8, 4) is 0 Å². The first-order chi connectivity index (χ1) is 14.0. The SMILES string of the molecule is O=C(N/N=C1/CCCc2ccccc21)c1ccccc1NS(=O)(=O)c1cccs1. The van der Waals surface area contributed by atoms with Crippen molar-refractivity contribution in [3.63, 3.8) is 0 Å². The standard InChI is InChI=1S/C21H19N3O3S2/c25-21(23-22-18-12-5-8-15-7-1-2-9-16(15)18)17-10-3-4-11-19(17)24-29(26,27)20-13-6-14-28-20/h1-4,6-7,9-11,13-14,24H,5,8,12H2,(H,23,25)/b22-18-. The van der Waals surface area contributed by atoms with Crippen LogP contribution in [0.25, 0.3) is 0 Å². The van der Waals surface area contributed by atoms with Crippen LogP contribution >= 0.6 is 11.3 Å². The third kappa shape index (κ3) is 4.23. The maximum absolute atomic E-state index is 12.7. The molecule has 0 radical (unpaired) electrons. The van der Waals surface area contributed by atoms with Crippen LogP contribution in [0.15, 0.2) is 75.4 Å². The van der Waals surface area contributed by atoms with Gasteiger partial charge in [-0.15, -0.1) is 11.3 Å². The number of hydrogen-bond acceptors (Lipinski definition) is 5. The summed E-state index contributed by atoms with van der Waals surface area (Å²) in [6, 6.07) is 17.7. The summed E-state index contributed by atoms with van der Waals surface area (Å²) in [6.45, 7) is 0. The van der Waals surface area contributed by atoms with E-state index in [1.165, 1.54) is 11.6 Å². The van der Waals surface area contributed by atoms with E-state index in [-0.39, 0.29) is 15.5 Å². The molecule has 0 saturated heterocycles. The molecule has 29 heavy (non-hydrogen) atoms. The number of benzene rings is 2. The van der Waals surface area contributed by atoms with Gasteiger partial charge in [-0.2, -0.15) is 5.10 Å².